The van der Waals surface area contributed by atoms with Crippen LogP contribution in [-0.2, 0) is 0 Å². The summed E-state index contributed by atoms with van der Waals surface area (Å²) in [4.78, 5) is 0. The van der Waals surface area contributed by atoms with Crippen molar-refractivity contribution >= 4 is 0 Å². The van der Waals surface area contributed by atoms with Crippen LogP contribution in [0.5, 0.6) is 0 Å². The van der Waals surface area contributed by atoms with E-state index in [1.807, 2.05) is 37.3 Å². The summed E-state index contributed by atoms with van der Waals surface area (Å²) in [6, 6.07) is 9.03. The van der Waals surface area contributed by atoms with E-state index in [4.69, 9.17) is 0 Å². The average molecular weight is 231 g/mol. The van der Waals surface area contributed by atoms with Gasteiger partial charge in [-0.15, -0.1) is 0 Å². The van der Waals surface area contributed by atoms with E-state index in [-0.39, 0.29) is 12.5 Å². The second-order valence-electron chi connectivity index (χ2n) is 3.67. The number of alkyl halides is 3. The van der Waals surface area contributed by atoms with Gasteiger partial charge in [0.2, 0.25) is 0 Å². The first-order valence-electron chi connectivity index (χ1n) is 5.38. The normalized spacial score (nSPS) is 13.8. The highest BCUT2D eigenvalue weighted by atomic mass is 19.4. The van der Waals surface area contributed by atoms with E-state index in [1.165, 1.54) is 0 Å². The van der Waals surface area contributed by atoms with Gasteiger partial charge in [0.05, 0.1) is 0 Å². The molecule has 4 heteroatoms. The molecule has 90 valence electrons. The van der Waals surface area contributed by atoms with Crippen LogP contribution >= 0.6 is 0 Å². The van der Waals surface area contributed by atoms with Crippen molar-refractivity contribution in [3.05, 3.63) is 35.9 Å². The first-order chi connectivity index (χ1) is 7.53. The molecule has 0 saturated carbocycles. The van der Waals surface area contributed by atoms with Crippen LogP contribution in [-0.4, -0.2) is 12.7 Å². The Morgan fingerprint density at radius 1 is 1.19 bits per heavy atom. The van der Waals surface area contributed by atoms with Crippen molar-refractivity contribution < 1.29 is 13.2 Å². The Balaban J connectivity index is 2.61. The summed E-state index contributed by atoms with van der Waals surface area (Å²) in [7, 11) is 0. The average Bonchev–Trinajstić information content (AvgIpc) is 2.24. The molecule has 1 unspecified atom stereocenters. The minimum atomic E-state index is -4.08. The minimum absolute atomic E-state index is 0.0847. The molecule has 0 heterocycles. The zero-order valence-electron chi connectivity index (χ0n) is 9.22. The van der Waals surface area contributed by atoms with Gasteiger partial charge in [-0.05, 0) is 18.5 Å². The second kappa shape index (κ2) is 5.89. The van der Waals surface area contributed by atoms with Crippen LogP contribution in [0.4, 0.5) is 13.2 Å². The summed E-state index contributed by atoms with van der Waals surface area (Å²) in [5.74, 6) is 0. The number of hydrogen-bond donors (Lipinski definition) is 1. The molecule has 1 rings (SSSR count). The summed E-state index contributed by atoms with van der Waals surface area (Å²) >= 11 is 0. The molecule has 1 atom stereocenters. The highest BCUT2D eigenvalue weighted by Crippen LogP contribution is 2.27. The van der Waals surface area contributed by atoms with Crippen LogP contribution in [0.25, 0.3) is 0 Å². The predicted molar refractivity (Wildman–Crippen MR) is 58.1 cm³/mol. The molecule has 0 fully saturated rings. The largest absolute Gasteiger partial charge is 0.389 e. The molecule has 0 amide bonds. The lowest BCUT2D eigenvalue weighted by molar-refractivity contribution is -0.136. The Hall–Kier alpha value is -1.03. The molecule has 0 bridgehead atoms. The summed E-state index contributed by atoms with van der Waals surface area (Å²) in [5, 5.41) is 3.07. The molecule has 0 aromatic heterocycles. The molecular weight excluding hydrogens is 215 g/mol. The zero-order valence-corrected chi connectivity index (χ0v) is 9.22. The van der Waals surface area contributed by atoms with E-state index in [9.17, 15) is 13.2 Å². The number of nitrogens with one attached hydrogen (secondary N) is 1. The van der Waals surface area contributed by atoms with Gasteiger partial charge in [-0.1, -0.05) is 37.3 Å². The molecule has 1 N–H and O–H groups in total. The first kappa shape index (κ1) is 13.0. The van der Waals surface area contributed by atoms with Crippen LogP contribution in [0.2, 0.25) is 0 Å². The van der Waals surface area contributed by atoms with Crippen molar-refractivity contribution in [3.8, 4) is 0 Å². The predicted octanol–water partition coefficient (Wildman–Crippen LogP) is 3.68. The molecule has 1 aromatic rings. The van der Waals surface area contributed by atoms with Crippen LogP contribution in [0.3, 0.4) is 0 Å². The van der Waals surface area contributed by atoms with Gasteiger partial charge in [-0.3, -0.25) is 0 Å². The van der Waals surface area contributed by atoms with Crippen LogP contribution in [0.1, 0.15) is 31.4 Å². The fourth-order valence-corrected chi connectivity index (χ4v) is 1.63. The lowest BCUT2D eigenvalue weighted by Gasteiger charge is -2.19. The van der Waals surface area contributed by atoms with Crippen LogP contribution < -0.4 is 5.32 Å². The minimum Gasteiger partial charge on any atom is -0.310 e. The molecule has 0 spiro atoms. The molecule has 0 aliphatic heterocycles. The van der Waals surface area contributed by atoms with Gasteiger partial charge in [0.25, 0.3) is 0 Å². The summed E-state index contributed by atoms with van der Waals surface area (Å²) < 4.78 is 36.4. The number of halogens is 3. The third-order valence-corrected chi connectivity index (χ3v) is 2.37. The van der Waals surface area contributed by atoms with Crippen molar-refractivity contribution in [1.82, 2.24) is 5.32 Å². The van der Waals surface area contributed by atoms with E-state index in [0.717, 1.165) is 5.56 Å². The quantitative estimate of drug-likeness (QED) is 0.815. The maximum Gasteiger partial charge on any atom is 0.389 e. The maximum absolute atomic E-state index is 12.1. The Kier molecular flexibility index (Phi) is 4.80. The second-order valence-corrected chi connectivity index (χ2v) is 3.67. The zero-order chi connectivity index (χ0) is 12.0. The van der Waals surface area contributed by atoms with Crippen molar-refractivity contribution in [2.45, 2.75) is 32.0 Å². The molecule has 0 aliphatic rings. The Morgan fingerprint density at radius 3 is 2.31 bits per heavy atom. The fourth-order valence-electron chi connectivity index (χ4n) is 1.63. The molecule has 0 saturated heterocycles. The molecule has 0 aliphatic carbocycles. The lowest BCUT2D eigenvalue weighted by Crippen LogP contribution is -2.23. The molecule has 1 nitrogen and oxygen atoms in total. The number of benzene rings is 1. The third-order valence-electron chi connectivity index (χ3n) is 2.37. The molecule has 0 radical (unpaired) electrons. The van der Waals surface area contributed by atoms with Gasteiger partial charge >= 0.3 is 6.18 Å². The van der Waals surface area contributed by atoms with Crippen molar-refractivity contribution in [2.24, 2.45) is 0 Å². The van der Waals surface area contributed by atoms with Gasteiger partial charge in [0.15, 0.2) is 0 Å². The van der Waals surface area contributed by atoms with E-state index in [1.54, 1.807) is 0 Å². The smallest absolute Gasteiger partial charge is 0.310 e. The SMILES string of the molecule is CCNC(CCC(F)(F)F)c1ccccc1. The number of rotatable bonds is 5. The first-order valence-corrected chi connectivity index (χ1v) is 5.38. The highest BCUT2D eigenvalue weighted by Gasteiger charge is 2.28. The van der Waals surface area contributed by atoms with E-state index in [2.05, 4.69) is 5.32 Å². The Bertz CT molecular complexity index is 295. The van der Waals surface area contributed by atoms with E-state index in [0.29, 0.717) is 6.54 Å². The van der Waals surface area contributed by atoms with Gasteiger partial charge in [0.1, 0.15) is 0 Å². The van der Waals surface area contributed by atoms with Crippen LogP contribution in [0, 0.1) is 0 Å². The molecular formula is C12H16F3N. The fraction of sp³-hybridized carbons (Fsp3) is 0.500. The summed E-state index contributed by atoms with van der Waals surface area (Å²) in [6.45, 7) is 2.56. The van der Waals surface area contributed by atoms with Gasteiger partial charge < -0.3 is 5.32 Å². The summed E-state index contributed by atoms with van der Waals surface area (Å²) in [6.07, 6.45) is -4.75. The van der Waals surface area contributed by atoms with Crippen molar-refractivity contribution in [3.63, 3.8) is 0 Å². The van der Waals surface area contributed by atoms with Gasteiger partial charge in [0, 0.05) is 12.5 Å². The van der Waals surface area contributed by atoms with Gasteiger partial charge in [-0.2, -0.15) is 13.2 Å². The third kappa shape index (κ3) is 4.66. The van der Waals surface area contributed by atoms with E-state index < -0.39 is 12.6 Å². The lowest BCUT2D eigenvalue weighted by atomic mass is 10.0. The summed E-state index contributed by atoms with van der Waals surface area (Å²) in [5.41, 5.74) is 0.911. The maximum atomic E-state index is 12.1. The Morgan fingerprint density at radius 2 is 1.81 bits per heavy atom. The van der Waals surface area contributed by atoms with Crippen molar-refractivity contribution in [1.29, 1.82) is 0 Å². The van der Waals surface area contributed by atoms with Gasteiger partial charge in [-0.25, -0.2) is 0 Å². The highest BCUT2D eigenvalue weighted by molar-refractivity contribution is 5.18. The monoisotopic (exact) mass is 231 g/mol. The standard InChI is InChI=1S/C12H16F3N/c1-2-16-11(8-9-12(13,14)15)10-6-4-3-5-7-10/h3-7,11,16H,2,8-9H2,1H3. The molecule has 1 aromatic carbocycles. The topological polar surface area (TPSA) is 12.0 Å². The number of hydrogen-bond acceptors (Lipinski definition) is 1. The molecule has 16 heavy (non-hydrogen) atoms. The van der Waals surface area contributed by atoms with E-state index >= 15 is 0 Å². The van der Waals surface area contributed by atoms with Crippen LogP contribution in [0.15, 0.2) is 30.3 Å². The van der Waals surface area contributed by atoms with Crippen molar-refractivity contribution in [2.75, 3.05) is 6.54 Å². The Labute approximate surface area is 93.7 Å².